The quantitative estimate of drug-likeness (QED) is 0.823. The summed E-state index contributed by atoms with van der Waals surface area (Å²) in [6.07, 6.45) is 0. The van der Waals surface area contributed by atoms with Crippen molar-refractivity contribution in [1.29, 1.82) is 0 Å². The Kier molecular flexibility index (Phi) is 3.79. The van der Waals surface area contributed by atoms with Crippen LogP contribution in [0.2, 0.25) is 0 Å². The van der Waals surface area contributed by atoms with Crippen molar-refractivity contribution < 1.29 is 15.0 Å². The first-order chi connectivity index (χ1) is 9.47. The van der Waals surface area contributed by atoms with Crippen LogP contribution in [0.1, 0.15) is 21.5 Å². The number of nitrogens with zero attached hydrogens (tertiary/aromatic N) is 2. The molecule has 0 aliphatic rings. The molecule has 2 aromatic rings. The van der Waals surface area contributed by atoms with Crippen LogP contribution in [0.5, 0.6) is 5.75 Å². The molecule has 0 aliphatic heterocycles. The molecule has 0 saturated carbocycles. The molecule has 0 heterocycles. The summed E-state index contributed by atoms with van der Waals surface area (Å²) in [5.74, 6) is -0.715. The van der Waals surface area contributed by atoms with Crippen LogP contribution in [0, 0.1) is 13.8 Å². The number of aromatic carboxylic acids is 1. The van der Waals surface area contributed by atoms with Crippen LogP contribution in [0.25, 0.3) is 0 Å². The van der Waals surface area contributed by atoms with E-state index in [1.807, 2.05) is 0 Å². The van der Waals surface area contributed by atoms with Crippen LogP contribution in [0.4, 0.5) is 11.4 Å². The maximum Gasteiger partial charge on any atom is 0.335 e. The van der Waals surface area contributed by atoms with Gasteiger partial charge < -0.3 is 10.2 Å². The second-order valence-corrected chi connectivity index (χ2v) is 4.48. The summed E-state index contributed by atoms with van der Waals surface area (Å²) in [5, 5.41) is 26.6. The second-order valence-electron chi connectivity index (χ2n) is 4.48. The number of hydrogen-bond donors (Lipinski definition) is 2. The molecule has 0 saturated heterocycles. The molecule has 20 heavy (non-hydrogen) atoms. The largest absolute Gasteiger partial charge is 0.507 e. The summed E-state index contributed by atoms with van der Waals surface area (Å²) >= 11 is 0. The van der Waals surface area contributed by atoms with Crippen LogP contribution < -0.4 is 0 Å². The van der Waals surface area contributed by atoms with Crippen molar-refractivity contribution in [2.24, 2.45) is 10.2 Å². The normalized spacial score (nSPS) is 10.9. The lowest BCUT2D eigenvalue weighted by Crippen LogP contribution is -1.93. The number of carboxylic acids is 1. The van der Waals surface area contributed by atoms with Gasteiger partial charge in [-0.1, -0.05) is 0 Å². The summed E-state index contributed by atoms with van der Waals surface area (Å²) < 4.78 is 0. The molecule has 5 nitrogen and oxygen atoms in total. The molecular formula is C15H14N2O3. The molecule has 0 aromatic heterocycles. The number of benzene rings is 2. The number of phenolic OH excluding ortho intramolecular Hbond substituents is 1. The fourth-order valence-corrected chi connectivity index (χ4v) is 1.78. The van der Waals surface area contributed by atoms with E-state index < -0.39 is 5.97 Å². The maximum absolute atomic E-state index is 10.7. The summed E-state index contributed by atoms with van der Waals surface area (Å²) in [6, 6.07) is 9.60. The number of azo groups is 1. The number of phenols is 1. The monoisotopic (exact) mass is 270 g/mol. The van der Waals surface area contributed by atoms with E-state index in [4.69, 9.17) is 5.11 Å². The molecule has 5 heteroatoms. The summed E-state index contributed by atoms with van der Waals surface area (Å²) in [4.78, 5) is 10.7. The number of carbonyl (C=O) groups is 1. The molecule has 2 aromatic carbocycles. The highest BCUT2D eigenvalue weighted by Crippen LogP contribution is 2.28. The van der Waals surface area contributed by atoms with Gasteiger partial charge in [-0.05, 0) is 61.4 Å². The van der Waals surface area contributed by atoms with E-state index in [1.54, 1.807) is 38.1 Å². The first kappa shape index (κ1) is 13.7. The van der Waals surface area contributed by atoms with Crippen molar-refractivity contribution >= 4 is 17.3 Å². The Hall–Kier alpha value is -2.69. The lowest BCUT2D eigenvalue weighted by atomic mass is 10.1. The van der Waals surface area contributed by atoms with Gasteiger partial charge in [0.1, 0.15) is 5.75 Å². The molecule has 0 fully saturated rings. The fourth-order valence-electron chi connectivity index (χ4n) is 1.78. The van der Waals surface area contributed by atoms with Crippen molar-refractivity contribution in [2.45, 2.75) is 13.8 Å². The van der Waals surface area contributed by atoms with Crippen LogP contribution in [-0.2, 0) is 0 Å². The zero-order valence-electron chi connectivity index (χ0n) is 11.2. The minimum atomic E-state index is -0.974. The van der Waals surface area contributed by atoms with Gasteiger partial charge in [0.05, 0.1) is 16.9 Å². The van der Waals surface area contributed by atoms with Gasteiger partial charge in [-0.15, -0.1) is 0 Å². The second kappa shape index (κ2) is 5.52. The number of hydrogen-bond acceptors (Lipinski definition) is 4. The molecule has 2 N–H and O–H groups in total. The summed E-state index contributed by atoms with van der Waals surface area (Å²) in [6.45, 7) is 3.59. The van der Waals surface area contributed by atoms with Gasteiger partial charge in [-0.3, -0.25) is 0 Å². The van der Waals surface area contributed by atoms with Crippen molar-refractivity contribution in [3.05, 3.63) is 53.1 Å². The number of carboxylic acid groups (broad SMARTS) is 1. The van der Waals surface area contributed by atoms with Gasteiger partial charge in [0.15, 0.2) is 0 Å². The zero-order chi connectivity index (χ0) is 14.7. The van der Waals surface area contributed by atoms with Crippen molar-refractivity contribution in [3.8, 4) is 5.75 Å². The SMILES string of the molecule is Cc1cc(/N=N/c2ccc(C(=O)O)cc2)cc(C)c1O. The van der Waals surface area contributed by atoms with Crippen LogP contribution in [0.15, 0.2) is 46.6 Å². The highest BCUT2D eigenvalue weighted by atomic mass is 16.4. The number of aryl methyl sites for hydroxylation is 2. The molecule has 0 radical (unpaired) electrons. The fraction of sp³-hybridized carbons (Fsp3) is 0.133. The van der Waals surface area contributed by atoms with E-state index in [2.05, 4.69) is 10.2 Å². The van der Waals surface area contributed by atoms with Gasteiger partial charge in [0.2, 0.25) is 0 Å². The highest BCUT2D eigenvalue weighted by molar-refractivity contribution is 5.87. The Morgan fingerprint density at radius 2 is 1.45 bits per heavy atom. The van der Waals surface area contributed by atoms with Gasteiger partial charge in [0.25, 0.3) is 0 Å². The highest BCUT2D eigenvalue weighted by Gasteiger charge is 2.03. The molecular weight excluding hydrogens is 256 g/mol. The minimum Gasteiger partial charge on any atom is -0.507 e. The molecule has 102 valence electrons. The third kappa shape index (κ3) is 3.00. The zero-order valence-corrected chi connectivity index (χ0v) is 11.2. The van der Waals surface area contributed by atoms with Crippen molar-refractivity contribution in [2.75, 3.05) is 0 Å². The van der Waals surface area contributed by atoms with Gasteiger partial charge in [-0.25, -0.2) is 4.79 Å². The predicted molar refractivity (Wildman–Crippen MR) is 75.2 cm³/mol. The first-order valence-electron chi connectivity index (χ1n) is 6.02. The molecule has 0 atom stereocenters. The summed E-state index contributed by atoms with van der Waals surface area (Å²) in [5.41, 5.74) is 2.89. The van der Waals surface area contributed by atoms with Crippen molar-refractivity contribution in [3.63, 3.8) is 0 Å². The van der Waals surface area contributed by atoms with E-state index in [0.717, 1.165) is 11.1 Å². The first-order valence-corrected chi connectivity index (χ1v) is 6.02. The Bertz CT molecular complexity index is 653. The Balaban J connectivity index is 2.23. The van der Waals surface area contributed by atoms with Crippen molar-refractivity contribution in [1.82, 2.24) is 0 Å². The molecule has 0 amide bonds. The van der Waals surface area contributed by atoms with Crippen LogP contribution >= 0.6 is 0 Å². The lowest BCUT2D eigenvalue weighted by molar-refractivity contribution is 0.0697. The Morgan fingerprint density at radius 3 is 1.95 bits per heavy atom. The third-order valence-corrected chi connectivity index (χ3v) is 2.87. The minimum absolute atomic E-state index is 0.209. The van der Waals surface area contributed by atoms with Crippen LogP contribution in [0.3, 0.4) is 0 Å². The topological polar surface area (TPSA) is 82.2 Å². The van der Waals surface area contributed by atoms with Gasteiger partial charge >= 0.3 is 5.97 Å². The van der Waals surface area contributed by atoms with Gasteiger partial charge in [0, 0.05) is 0 Å². The van der Waals surface area contributed by atoms with Gasteiger partial charge in [-0.2, -0.15) is 10.2 Å². The maximum atomic E-state index is 10.7. The van der Waals surface area contributed by atoms with E-state index in [0.29, 0.717) is 11.4 Å². The third-order valence-electron chi connectivity index (χ3n) is 2.87. The standard InChI is InChI=1S/C15H14N2O3/c1-9-7-13(8-10(2)14(9)18)17-16-12-5-3-11(4-6-12)15(19)20/h3-8,18H,1-2H3,(H,19,20)/b17-16+. The Labute approximate surface area is 116 Å². The van der Waals surface area contributed by atoms with Crippen LogP contribution in [-0.4, -0.2) is 16.2 Å². The Morgan fingerprint density at radius 1 is 0.950 bits per heavy atom. The molecule has 0 unspecified atom stereocenters. The van der Waals surface area contributed by atoms with E-state index in [-0.39, 0.29) is 11.3 Å². The molecule has 0 bridgehead atoms. The average molecular weight is 270 g/mol. The summed E-state index contributed by atoms with van der Waals surface area (Å²) in [7, 11) is 0. The average Bonchev–Trinajstić information content (AvgIpc) is 2.42. The molecule has 0 spiro atoms. The van der Waals surface area contributed by atoms with E-state index in [9.17, 15) is 9.90 Å². The molecule has 0 aliphatic carbocycles. The predicted octanol–water partition coefficient (Wildman–Crippen LogP) is 4.12. The number of rotatable bonds is 3. The van der Waals surface area contributed by atoms with E-state index >= 15 is 0 Å². The van der Waals surface area contributed by atoms with E-state index in [1.165, 1.54) is 12.1 Å². The lowest BCUT2D eigenvalue weighted by Gasteiger charge is -2.03. The smallest absolute Gasteiger partial charge is 0.335 e. The molecule has 2 rings (SSSR count). The number of aromatic hydroxyl groups is 1.